The van der Waals surface area contributed by atoms with Gasteiger partial charge in [-0.3, -0.25) is 19.5 Å². The fraction of sp³-hybridized carbons (Fsp3) is 0.250. The normalized spacial score (nSPS) is 17.5. The second-order valence-electron chi connectivity index (χ2n) is 8.85. The standard InChI is InChI=1S/C28H28N2O4/c1-16(2)21-15-22(18(4)14-23(21)34-5)26(31)24-25(19-9-11-29-12-10-19)30(28(33)27(24)32)20-8-6-7-17(3)13-20/h6-16,25,31H,1-5H3/b26-24+. The van der Waals surface area contributed by atoms with Crippen LogP contribution in [-0.4, -0.2) is 28.9 Å². The molecule has 1 atom stereocenters. The number of anilines is 1. The lowest BCUT2D eigenvalue weighted by atomic mass is 9.91. The van der Waals surface area contributed by atoms with Crippen molar-refractivity contribution in [2.75, 3.05) is 12.0 Å². The van der Waals surface area contributed by atoms with Crippen molar-refractivity contribution in [2.24, 2.45) is 0 Å². The smallest absolute Gasteiger partial charge is 0.300 e. The Bertz CT molecular complexity index is 1300. The predicted molar refractivity (Wildman–Crippen MR) is 132 cm³/mol. The molecule has 0 saturated carbocycles. The van der Waals surface area contributed by atoms with E-state index in [-0.39, 0.29) is 17.3 Å². The summed E-state index contributed by atoms with van der Waals surface area (Å²) in [6, 6.07) is 13.8. The number of aliphatic hydroxyl groups excluding tert-OH is 1. The molecule has 1 aliphatic rings. The zero-order valence-electron chi connectivity index (χ0n) is 20.0. The molecule has 1 aromatic heterocycles. The summed E-state index contributed by atoms with van der Waals surface area (Å²) < 4.78 is 5.53. The van der Waals surface area contributed by atoms with Crippen LogP contribution >= 0.6 is 0 Å². The summed E-state index contributed by atoms with van der Waals surface area (Å²) in [4.78, 5) is 32.2. The summed E-state index contributed by atoms with van der Waals surface area (Å²) in [6.45, 7) is 7.84. The molecule has 1 amide bonds. The number of aromatic nitrogens is 1. The number of carbonyl (C=O) groups excluding carboxylic acids is 2. The van der Waals surface area contributed by atoms with E-state index in [9.17, 15) is 14.7 Å². The van der Waals surface area contributed by atoms with E-state index in [0.29, 0.717) is 16.8 Å². The van der Waals surface area contributed by atoms with E-state index >= 15 is 0 Å². The minimum atomic E-state index is -0.784. The number of hydrogen-bond acceptors (Lipinski definition) is 5. The first-order valence-electron chi connectivity index (χ1n) is 11.2. The van der Waals surface area contributed by atoms with Gasteiger partial charge in [-0.05, 0) is 78.4 Å². The van der Waals surface area contributed by atoms with Crippen molar-refractivity contribution in [1.29, 1.82) is 0 Å². The molecule has 1 fully saturated rings. The van der Waals surface area contributed by atoms with Crippen LogP contribution in [0.2, 0.25) is 0 Å². The third-order valence-corrected chi connectivity index (χ3v) is 6.20. The zero-order chi connectivity index (χ0) is 24.6. The SMILES string of the molecule is COc1cc(C)c(/C(O)=C2\C(=O)C(=O)N(c3cccc(C)c3)C2c2ccncc2)cc1C(C)C. The molecule has 1 N–H and O–H groups in total. The molecule has 1 saturated heterocycles. The van der Waals surface area contributed by atoms with E-state index in [2.05, 4.69) is 4.98 Å². The van der Waals surface area contributed by atoms with Gasteiger partial charge in [-0.1, -0.05) is 26.0 Å². The van der Waals surface area contributed by atoms with Crippen molar-refractivity contribution in [1.82, 2.24) is 4.98 Å². The number of carbonyl (C=O) groups is 2. The molecule has 1 aliphatic heterocycles. The number of aliphatic hydroxyl groups is 1. The van der Waals surface area contributed by atoms with Crippen LogP contribution < -0.4 is 9.64 Å². The summed E-state index contributed by atoms with van der Waals surface area (Å²) in [5.41, 5.74) is 4.45. The van der Waals surface area contributed by atoms with Crippen molar-refractivity contribution in [3.05, 3.63) is 94.3 Å². The molecule has 34 heavy (non-hydrogen) atoms. The molecule has 3 aromatic rings. The lowest BCUT2D eigenvalue weighted by Crippen LogP contribution is -2.29. The third kappa shape index (κ3) is 3.96. The van der Waals surface area contributed by atoms with Crippen LogP contribution in [0.3, 0.4) is 0 Å². The number of methoxy groups -OCH3 is 1. The Morgan fingerprint density at radius 2 is 1.76 bits per heavy atom. The number of benzene rings is 2. The molecule has 2 heterocycles. The maximum absolute atomic E-state index is 13.4. The topological polar surface area (TPSA) is 79.7 Å². The quantitative estimate of drug-likeness (QED) is 0.313. The van der Waals surface area contributed by atoms with Gasteiger partial charge in [0.25, 0.3) is 11.7 Å². The van der Waals surface area contributed by atoms with Crippen molar-refractivity contribution < 1.29 is 19.4 Å². The van der Waals surface area contributed by atoms with Gasteiger partial charge in [-0.2, -0.15) is 0 Å². The van der Waals surface area contributed by atoms with Gasteiger partial charge < -0.3 is 9.84 Å². The van der Waals surface area contributed by atoms with Crippen molar-refractivity contribution in [2.45, 2.75) is 39.7 Å². The molecule has 174 valence electrons. The molecular weight excluding hydrogens is 428 g/mol. The summed E-state index contributed by atoms with van der Waals surface area (Å²) in [5.74, 6) is -0.744. The number of nitrogens with zero attached hydrogens (tertiary/aromatic N) is 2. The monoisotopic (exact) mass is 456 g/mol. The Morgan fingerprint density at radius 3 is 2.38 bits per heavy atom. The van der Waals surface area contributed by atoms with Gasteiger partial charge in [-0.25, -0.2) is 0 Å². The van der Waals surface area contributed by atoms with E-state index in [4.69, 9.17) is 4.74 Å². The highest BCUT2D eigenvalue weighted by molar-refractivity contribution is 6.51. The number of aryl methyl sites for hydroxylation is 2. The van der Waals surface area contributed by atoms with E-state index < -0.39 is 17.7 Å². The number of ether oxygens (including phenoxy) is 1. The summed E-state index contributed by atoms with van der Waals surface area (Å²) in [5, 5.41) is 11.5. The van der Waals surface area contributed by atoms with E-state index in [0.717, 1.165) is 22.4 Å². The van der Waals surface area contributed by atoms with Gasteiger partial charge >= 0.3 is 0 Å². The minimum Gasteiger partial charge on any atom is -0.507 e. The van der Waals surface area contributed by atoms with Gasteiger partial charge in [0.15, 0.2) is 0 Å². The highest BCUT2D eigenvalue weighted by atomic mass is 16.5. The largest absolute Gasteiger partial charge is 0.507 e. The first-order chi connectivity index (χ1) is 16.2. The highest BCUT2D eigenvalue weighted by Crippen LogP contribution is 2.43. The summed E-state index contributed by atoms with van der Waals surface area (Å²) in [6.07, 6.45) is 3.22. The lowest BCUT2D eigenvalue weighted by molar-refractivity contribution is -0.132. The maximum atomic E-state index is 13.4. The van der Waals surface area contributed by atoms with Gasteiger partial charge in [0, 0.05) is 23.6 Å². The molecule has 6 heteroatoms. The summed E-state index contributed by atoms with van der Waals surface area (Å²) >= 11 is 0. The van der Waals surface area contributed by atoms with E-state index in [1.807, 2.05) is 58.0 Å². The van der Waals surface area contributed by atoms with Crippen LogP contribution in [0.15, 0.2) is 66.5 Å². The number of hydrogen-bond donors (Lipinski definition) is 1. The summed E-state index contributed by atoms with van der Waals surface area (Å²) in [7, 11) is 1.61. The second-order valence-corrected chi connectivity index (χ2v) is 8.85. The lowest BCUT2D eigenvalue weighted by Gasteiger charge is -2.26. The van der Waals surface area contributed by atoms with Gasteiger partial charge in [0.1, 0.15) is 11.5 Å². The third-order valence-electron chi connectivity index (χ3n) is 6.20. The minimum absolute atomic E-state index is 0.0562. The van der Waals surface area contributed by atoms with Crippen molar-refractivity contribution in [3.63, 3.8) is 0 Å². The Labute approximate surface area is 199 Å². The molecule has 4 rings (SSSR count). The molecular formula is C28H28N2O4. The molecule has 2 aromatic carbocycles. The van der Waals surface area contributed by atoms with Gasteiger partial charge in [0.2, 0.25) is 0 Å². The zero-order valence-corrected chi connectivity index (χ0v) is 20.0. The van der Waals surface area contributed by atoms with Crippen LogP contribution in [0.1, 0.15) is 53.6 Å². The molecule has 0 bridgehead atoms. The molecule has 0 aliphatic carbocycles. The van der Waals surface area contributed by atoms with Crippen LogP contribution in [0.25, 0.3) is 5.76 Å². The molecule has 0 radical (unpaired) electrons. The molecule has 6 nitrogen and oxygen atoms in total. The number of rotatable bonds is 5. The van der Waals surface area contributed by atoms with Crippen LogP contribution in [0, 0.1) is 13.8 Å². The fourth-order valence-electron chi connectivity index (χ4n) is 4.46. The van der Waals surface area contributed by atoms with E-state index in [1.54, 1.807) is 37.7 Å². The Hall–Kier alpha value is -3.93. The van der Waals surface area contributed by atoms with Crippen molar-refractivity contribution >= 4 is 23.1 Å². The highest BCUT2D eigenvalue weighted by Gasteiger charge is 2.47. The fourth-order valence-corrected chi connectivity index (χ4v) is 4.46. The number of Topliss-reactive ketones (excluding diaryl/α,β-unsaturated/α-hetero) is 1. The molecule has 1 unspecified atom stereocenters. The van der Waals surface area contributed by atoms with Crippen molar-refractivity contribution in [3.8, 4) is 5.75 Å². The first kappa shape index (κ1) is 23.2. The Kier molecular flexibility index (Phi) is 6.24. The number of pyridine rings is 1. The van der Waals surface area contributed by atoms with Gasteiger partial charge in [-0.15, -0.1) is 0 Å². The van der Waals surface area contributed by atoms with Crippen LogP contribution in [0.5, 0.6) is 5.75 Å². The second kappa shape index (κ2) is 9.14. The Morgan fingerprint density at radius 1 is 1.06 bits per heavy atom. The maximum Gasteiger partial charge on any atom is 0.300 e. The molecule has 0 spiro atoms. The van der Waals surface area contributed by atoms with Crippen LogP contribution in [-0.2, 0) is 9.59 Å². The average molecular weight is 457 g/mol. The van der Waals surface area contributed by atoms with E-state index in [1.165, 1.54) is 4.90 Å². The number of amides is 1. The number of ketones is 1. The van der Waals surface area contributed by atoms with Crippen LogP contribution in [0.4, 0.5) is 5.69 Å². The van der Waals surface area contributed by atoms with Gasteiger partial charge in [0.05, 0.1) is 18.7 Å². The predicted octanol–water partition coefficient (Wildman–Crippen LogP) is 5.46. The Balaban J connectivity index is 1.98. The average Bonchev–Trinajstić information content (AvgIpc) is 3.09. The first-order valence-corrected chi connectivity index (χ1v) is 11.2.